The summed E-state index contributed by atoms with van der Waals surface area (Å²) in [4.78, 5) is 0. The van der Waals surface area contributed by atoms with Crippen LogP contribution >= 0.6 is 186 Å². The first-order chi connectivity index (χ1) is 17.8. The highest BCUT2D eigenvalue weighted by molar-refractivity contribution is 6.46. The van der Waals surface area contributed by atoms with Gasteiger partial charge in [-0.1, -0.05) is 32.4 Å². The molecule has 0 aliphatic rings. The molecule has 17 heteroatoms. The topological polar surface area (TPSA) is 9.23 Å². The Balaban J connectivity index is 5.32. The van der Waals surface area contributed by atoms with Crippen molar-refractivity contribution in [1.82, 2.24) is 0 Å². The normalized spacial score (nSPS) is 25.2. The fraction of sp³-hybridized carbons (Fsp3) is 1.00. The van der Waals surface area contributed by atoms with Crippen molar-refractivity contribution in [2.75, 3.05) is 6.61 Å². The van der Waals surface area contributed by atoms with Crippen LogP contribution in [-0.2, 0) is 4.74 Å². The van der Waals surface area contributed by atoms with Gasteiger partial charge in [-0.05, 0) is 12.3 Å². The fourth-order valence-electron chi connectivity index (χ4n) is 3.12. The van der Waals surface area contributed by atoms with Crippen LogP contribution < -0.4 is 0 Å². The van der Waals surface area contributed by atoms with Crippen LogP contribution in [0.15, 0.2) is 0 Å². The second-order valence-electron chi connectivity index (χ2n) is 9.13. The molecule has 0 radical (unpaired) electrons. The molecule has 39 heavy (non-hydrogen) atoms. The van der Waals surface area contributed by atoms with Crippen LogP contribution in [0.25, 0.3) is 0 Å². The van der Waals surface area contributed by atoms with Gasteiger partial charge in [-0.3, -0.25) is 0 Å². The smallest absolute Gasteiger partial charge is 0.148 e. The Bertz CT molecular complexity index is 664. The zero-order valence-electron chi connectivity index (χ0n) is 20.7. The van der Waals surface area contributed by atoms with Crippen LogP contribution in [0, 0.1) is 5.92 Å². The molecular weight excluding hydrogens is 847 g/mol. The van der Waals surface area contributed by atoms with Crippen molar-refractivity contribution in [2.24, 2.45) is 5.92 Å². The van der Waals surface area contributed by atoms with E-state index in [1.54, 1.807) is 0 Å². The van der Waals surface area contributed by atoms with Gasteiger partial charge in [0.15, 0.2) is 0 Å². The van der Waals surface area contributed by atoms with E-state index in [-0.39, 0.29) is 5.92 Å². The molecule has 16 atom stereocenters. The van der Waals surface area contributed by atoms with Gasteiger partial charge in [0.1, 0.15) is 5.56 Å². The van der Waals surface area contributed by atoms with Gasteiger partial charge in [0.25, 0.3) is 0 Å². The van der Waals surface area contributed by atoms with E-state index in [1.807, 2.05) is 20.8 Å². The second-order valence-corrected chi connectivity index (χ2v) is 17.1. The average molecular weight is 878 g/mol. The highest BCUT2D eigenvalue weighted by Gasteiger charge is 2.46. The summed E-state index contributed by atoms with van der Waals surface area (Å²) in [6, 6.07) is 0. The van der Waals surface area contributed by atoms with Crippen LogP contribution in [0.1, 0.15) is 27.2 Å². The van der Waals surface area contributed by atoms with Gasteiger partial charge in [0.2, 0.25) is 0 Å². The van der Waals surface area contributed by atoms with Gasteiger partial charge in [-0.2, -0.15) is 0 Å². The summed E-state index contributed by atoms with van der Waals surface area (Å²) in [5.74, 6) is 0.0440. The first-order valence-electron chi connectivity index (χ1n) is 11.7. The van der Waals surface area contributed by atoms with Crippen molar-refractivity contribution < 1.29 is 4.74 Å². The Kier molecular flexibility index (Phi) is 24.0. The van der Waals surface area contributed by atoms with E-state index in [2.05, 4.69) is 0 Å². The second kappa shape index (κ2) is 21.5. The molecule has 0 aliphatic heterocycles. The van der Waals surface area contributed by atoms with Gasteiger partial charge >= 0.3 is 0 Å². The first kappa shape index (κ1) is 43.6. The summed E-state index contributed by atoms with van der Waals surface area (Å²) in [6.45, 7) is 6.11. The van der Waals surface area contributed by atoms with Gasteiger partial charge in [0, 0.05) is 6.61 Å². The van der Waals surface area contributed by atoms with E-state index < -0.39 is 86.2 Å². The molecule has 16 unspecified atom stereocenters. The minimum absolute atomic E-state index is 0.0440. The molecule has 0 saturated carbocycles. The summed E-state index contributed by atoms with van der Waals surface area (Å²) in [6.07, 6.45) is 0.739. The fourth-order valence-corrected chi connectivity index (χ4v) is 8.98. The lowest BCUT2D eigenvalue weighted by atomic mass is 9.99. The molecule has 0 bridgehead atoms. The Morgan fingerprint density at radius 1 is 0.359 bits per heavy atom. The number of rotatable bonds is 19. The molecule has 1 nitrogen and oxygen atoms in total. The van der Waals surface area contributed by atoms with Gasteiger partial charge in [-0.25, -0.2) is 0 Å². The first-order valence-corrected chi connectivity index (χ1v) is 18.7. The maximum absolute atomic E-state index is 6.56. The molecule has 0 aromatic rings. The standard InChI is InChI=1S/C22H30Cl16O/c1-4-5-39-22(38)21(37)20(36)19(35)18(34)17(33)16(32)15(31)14(30)13(29)12(28)11(27)10(26)9(25)8(24)7(23)6(2)3/h6-22H,4-5H2,1-3H3. The largest absolute Gasteiger partial charge is 0.361 e. The number of hydrogen-bond donors (Lipinski definition) is 0. The van der Waals surface area contributed by atoms with Crippen molar-refractivity contribution in [3.63, 3.8) is 0 Å². The van der Waals surface area contributed by atoms with E-state index in [0.29, 0.717) is 6.61 Å². The van der Waals surface area contributed by atoms with E-state index >= 15 is 0 Å². The maximum Gasteiger partial charge on any atom is 0.148 e. The molecule has 0 amide bonds. The monoisotopic (exact) mass is 870 g/mol. The third-order valence-corrected chi connectivity index (χ3v) is 16.3. The molecule has 0 N–H and O–H groups in total. The zero-order valence-corrected chi connectivity index (χ0v) is 32.8. The molecule has 0 aliphatic carbocycles. The summed E-state index contributed by atoms with van der Waals surface area (Å²) in [7, 11) is 0. The van der Waals surface area contributed by atoms with Crippen molar-refractivity contribution >= 4 is 186 Å². The maximum atomic E-state index is 6.56. The molecular formula is C22H30Cl16O. The average Bonchev–Trinajstić information content (AvgIpc) is 2.93. The predicted octanol–water partition coefficient (Wildman–Crippen LogP) is 11.7. The molecule has 236 valence electrons. The summed E-state index contributed by atoms with van der Waals surface area (Å²) >= 11 is 103. The highest BCUT2D eigenvalue weighted by atomic mass is 35.5. The number of hydrogen-bond acceptors (Lipinski definition) is 1. The molecule has 0 spiro atoms. The third kappa shape index (κ3) is 13.3. The van der Waals surface area contributed by atoms with Gasteiger partial charge in [-0.15, -0.1) is 174 Å². The van der Waals surface area contributed by atoms with E-state index in [4.69, 9.17) is 190 Å². The highest BCUT2D eigenvalue weighted by Crippen LogP contribution is 2.39. The van der Waals surface area contributed by atoms with Crippen LogP contribution in [0.2, 0.25) is 0 Å². The lowest BCUT2D eigenvalue weighted by molar-refractivity contribution is 0.104. The summed E-state index contributed by atoms with van der Waals surface area (Å²) in [5, 5.41) is -13.8. The molecule has 0 heterocycles. The molecule has 0 saturated heterocycles. The van der Waals surface area contributed by atoms with Crippen LogP contribution in [0.5, 0.6) is 0 Å². The Morgan fingerprint density at radius 2 is 0.564 bits per heavy atom. The number of halogens is 16. The van der Waals surface area contributed by atoms with Crippen molar-refractivity contribution in [2.45, 2.75) is 113 Å². The Morgan fingerprint density at radius 3 is 0.769 bits per heavy atom. The lowest BCUT2D eigenvalue weighted by Crippen LogP contribution is -2.49. The van der Waals surface area contributed by atoms with Crippen LogP contribution in [0.3, 0.4) is 0 Å². The van der Waals surface area contributed by atoms with E-state index in [0.717, 1.165) is 6.42 Å². The SMILES string of the molecule is CCCOC(Cl)C(Cl)C(Cl)C(Cl)C(Cl)C(Cl)C(Cl)C(Cl)C(Cl)C(Cl)C(Cl)C(Cl)C(Cl)C(Cl)C(Cl)C(Cl)C(C)C. The lowest BCUT2D eigenvalue weighted by Gasteiger charge is -2.35. The molecule has 0 fully saturated rings. The molecule has 0 aromatic heterocycles. The van der Waals surface area contributed by atoms with Crippen LogP contribution in [0.4, 0.5) is 0 Å². The molecule has 0 aromatic carbocycles. The third-order valence-electron chi connectivity index (χ3n) is 5.63. The van der Waals surface area contributed by atoms with Gasteiger partial charge < -0.3 is 4.74 Å². The molecule has 0 rings (SSSR count). The summed E-state index contributed by atoms with van der Waals surface area (Å²) in [5.41, 5.74) is -0.901. The minimum atomic E-state index is -1.04. The van der Waals surface area contributed by atoms with Gasteiger partial charge in [0.05, 0.1) is 80.7 Å². The minimum Gasteiger partial charge on any atom is -0.361 e. The number of ether oxygens (including phenoxy) is 1. The number of alkyl halides is 16. The zero-order chi connectivity index (χ0) is 30.9. The van der Waals surface area contributed by atoms with E-state index in [1.165, 1.54) is 0 Å². The Hall–Kier alpha value is 4.60. The summed E-state index contributed by atoms with van der Waals surface area (Å²) < 4.78 is 5.40. The predicted molar refractivity (Wildman–Crippen MR) is 185 cm³/mol. The quantitative estimate of drug-likeness (QED) is 0.118. The Labute approximate surface area is 312 Å². The van der Waals surface area contributed by atoms with Crippen LogP contribution in [-0.4, -0.2) is 92.8 Å². The van der Waals surface area contributed by atoms with Crippen molar-refractivity contribution in [3.05, 3.63) is 0 Å². The van der Waals surface area contributed by atoms with E-state index in [9.17, 15) is 0 Å². The van der Waals surface area contributed by atoms with Crippen molar-refractivity contribution in [1.29, 1.82) is 0 Å². The van der Waals surface area contributed by atoms with Crippen molar-refractivity contribution in [3.8, 4) is 0 Å².